The summed E-state index contributed by atoms with van der Waals surface area (Å²) in [6.07, 6.45) is -0.437. The first-order chi connectivity index (χ1) is 6.52. The molecule has 1 aromatic rings. The maximum absolute atomic E-state index is 9.31. The molecule has 0 saturated carbocycles. The zero-order valence-electron chi connectivity index (χ0n) is 8.29. The van der Waals surface area contributed by atoms with Gasteiger partial charge in [0.15, 0.2) is 0 Å². The lowest BCUT2D eigenvalue weighted by Gasteiger charge is -2.19. The predicted octanol–water partition coefficient (Wildman–Crippen LogP) is 2.10. The van der Waals surface area contributed by atoms with Gasteiger partial charge in [0, 0.05) is 6.04 Å². The number of rotatable bonds is 3. The number of hydrogen-bond donors (Lipinski definition) is 3. The molecule has 78 valence electrons. The van der Waals surface area contributed by atoms with Gasteiger partial charge in [0.2, 0.25) is 0 Å². The molecular weight excluding hydrogens is 200 g/mol. The molecule has 1 rings (SSSR count). The molecule has 0 radical (unpaired) electrons. The molecule has 2 atom stereocenters. The van der Waals surface area contributed by atoms with Gasteiger partial charge in [0.05, 0.1) is 22.5 Å². The highest BCUT2D eigenvalue weighted by Crippen LogP contribution is 2.27. The van der Waals surface area contributed by atoms with Crippen LogP contribution in [-0.2, 0) is 0 Å². The molecule has 0 amide bonds. The normalized spacial score (nSPS) is 14.9. The van der Waals surface area contributed by atoms with E-state index in [0.717, 1.165) is 5.69 Å². The Balaban J connectivity index is 2.82. The van der Waals surface area contributed by atoms with Crippen LogP contribution in [0.5, 0.6) is 0 Å². The number of para-hydroxylation sites is 1. The van der Waals surface area contributed by atoms with Crippen molar-refractivity contribution in [1.82, 2.24) is 0 Å². The number of nitrogens with one attached hydrogen (secondary N) is 1. The highest BCUT2D eigenvalue weighted by Gasteiger charge is 2.10. The van der Waals surface area contributed by atoms with Crippen molar-refractivity contribution < 1.29 is 5.11 Å². The smallest absolute Gasteiger partial charge is 0.0739 e. The predicted molar refractivity (Wildman–Crippen MR) is 60.6 cm³/mol. The standard InChI is InChI=1S/C10H15ClN2O/c1-6(7(2)14)13-9-5-3-4-8(11)10(9)12/h3-7,13-14H,12H2,1-2H3. The summed E-state index contributed by atoms with van der Waals surface area (Å²) in [5.74, 6) is 0. The highest BCUT2D eigenvalue weighted by molar-refractivity contribution is 6.33. The molecule has 0 aliphatic rings. The number of nitrogen functional groups attached to an aromatic ring is 1. The van der Waals surface area contributed by atoms with Crippen molar-refractivity contribution in [2.24, 2.45) is 0 Å². The monoisotopic (exact) mass is 214 g/mol. The van der Waals surface area contributed by atoms with Gasteiger partial charge in [0.1, 0.15) is 0 Å². The molecule has 3 nitrogen and oxygen atoms in total. The van der Waals surface area contributed by atoms with Gasteiger partial charge in [-0.15, -0.1) is 0 Å². The summed E-state index contributed by atoms with van der Waals surface area (Å²) in [6, 6.07) is 5.32. The van der Waals surface area contributed by atoms with E-state index in [1.165, 1.54) is 0 Å². The number of aliphatic hydroxyl groups excluding tert-OH is 1. The number of nitrogens with two attached hydrogens (primary N) is 1. The molecular formula is C10H15ClN2O. The molecule has 0 fully saturated rings. The Kier molecular flexibility index (Phi) is 3.61. The second-order valence-electron chi connectivity index (χ2n) is 3.37. The largest absolute Gasteiger partial charge is 0.396 e. The molecule has 14 heavy (non-hydrogen) atoms. The average molecular weight is 215 g/mol. The van der Waals surface area contributed by atoms with Crippen LogP contribution in [0, 0.1) is 0 Å². The first-order valence-electron chi connectivity index (χ1n) is 4.51. The van der Waals surface area contributed by atoms with Crippen molar-refractivity contribution in [1.29, 1.82) is 0 Å². The first kappa shape index (κ1) is 11.1. The highest BCUT2D eigenvalue weighted by atomic mass is 35.5. The Labute approximate surface area is 88.9 Å². The molecule has 0 aromatic heterocycles. The molecule has 4 N–H and O–H groups in total. The van der Waals surface area contributed by atoms with Gasteiger partial charge in [-0.05, 0) is 26.0 Å². The lowest BCUT2D eigenvalue weighted by molar-refractivity contribution is 0.178. The third kappa shape index (κ3) is 2.53. The van der Waals surface area contributed by atoms with Gasteiger partial charge in [-0.25, -0.2) is 0 Å². The number of benzene rings is 1. The molecule has 0 bridgehead atoms. The van der Waals surface area contributed by atoms with Gasteiger partial charge >= 0.3 is 0 Å². The van der Waals surface area contributed by atoms with E-state index in [2.05, 4.69) is 5.32 Å². The number of hydrogen-bond acceptors (Lipinski definition) is 3. The Bertz CT molecular complexity index is 315. The van der Waals surface area contributed by atoms with E-state index >= 15 is 0 Å². The van der Waals surface area contributed by atoms with Crippen LogP contribution in [0.3, 0.4) is 0 Å². The fourth-order valence-electron chi connectivity index (χ4n) is 1.03. The summed E-state index contributed by atoms with van der Waals surface area (Å²) >= 11 is 5.85. The van der Waals surface area contributed by atoms with Gasteiger partial charge in [-0.3, -0.25) is 0 Å². The molecule has 0 aliphatic heterocycles. The Morgan fingerprint density at radius 1 is 1.43 bits per heavy atom. The lowest BCUT2D eigenvalue weighted by atomic mass is 10.2. The molecule has 4 heteroatoms. The summed E-state index contributed by atoms with van der Waals surface area (Å²) < 4.78 is 0. The van der Waals surface area contributed by atoms with E-state index in [0.29, 0.717) is 10.7 Å². The zero-order valence-corrected chi connectivity index (χ0v) is 9.05. The Morgan fingerprint density at radius 2 is 2.07 bits per heavy atom. The van der Waals surface area contributed by atoms with Crippen LogP contribution in [0.25, 0.3) is 0 Å². The van der Waals surface area contributed by atoms with E-state index in [1.54, 1.807) is 13.0 Å². The van der Waals surface area contributed by atoms with E-state index in [9.17, 15) is 5.11 Å². The van der Waals surface area contributed by atoms with E-state index < -0.39 is 6.10 Å². The van der Waals surface area contributed by atoms with Crippen molar-refractivity contribution in [3.8, 4) is 0 Å². The topological polar surface area (TPSA) is 58.3 Å². The van der Waals surface area contributed by atoms with Crippen LogP contribution in [0.15, 0.2) is 18.2 Å². The minimum absolute atomic E-state index is 0.0595. The molecule has 0 aliphatic carbocycles. The zero-order chi connectivity index (χ0) is 10.7. The van der Waals surface area contributed by atoms with Gasteiger partial charge in [0.25, 0.3) is 0 Å². The SMILES string of the molecule is CC(O)C(C)Nc1cccc(Cl)c1N. The van der Waals surface area contributed by atoms with E-state index in [-0.39, 0.29) is 6.04 Å². The van der Waals surface area contributed by atoms with Crippen molar-refractivity contribution in [2.45, 2.75) is 26.0 Å². The molecule has 2 unspecified atom stereocenters. The molecule has 0 spiro atoms. The average Bonchev–Trinajstić information content (AvgIpc) is 2.12. The van der Waals surface area contributed by atoms with Crippen molar-refractivity contribution >= 4 is 23.0 Å². The third-order valence-corrected chi connectivity index (χ3v) is 2.49. The van der Waals surface area contributed by atoms with Crippen LogP contribution < -0.4 is 11.1 Å². The van der Waals surface area contributed by atoms with Crippen molar-refractivity contribution in [2.75, 3.05) is 11.1 Å². The summed E-state index contributed by atoms with van der Waals surface area (Å²) in [6.45, 7) is 3.60. The molecule has 0 heterocycles. The maximum Gasteiger partial charge on any atom is 0.0739 e. The number of aliphatic hydroxyl groups is 1. The Morgan fingerprint density at radius 3 is 2.64 bits per heavy atom. The van der Waals surface area contributed by atoms with Gasteiger partial charge in [-0.2, -0.15) is 0 Å². The second-order valence-corrected chi connectivity index (χ2v) is 3.78. The van der Waals surface area contributed by atoms with Crippen molar-refractivity contribution in [3.63, 3.8) is 0 Å². The third-order valence-electron chi connectivity index (χ3n) is 2.16. The first-order valence-corrected chi connectivity index (χ1v) is 4.88. The fourth-order valence-corrected chi connectivity index (χ4v) is 1.20. The van der Waals surface area contributed by atoms with Crippen LogP contribution in [0.2, 0.25) is 5.02 Å². The van der Waals surface area contributed by atoms with Crippen LogP contribution in [0.4, 0.5) is 11.4 Å². The summed E-state index contributed by atoms with van der Waals surface area (Å²) in [7, 11) is 0. The van der Waals surface area contributed by atoms with Crippen LogP contribution in [-0.4, -0.2) is 17.3 Å². The minimum atomic E-state index is -0.437. The summed E-state index contributed by atoms with van der Waals surface area (Å²) in [4.78, 5) is 0. The molecule has 0 saturated heterocycles. The quantitative estimate of drug-likeness (QED) is 0.676. The van der Waals surface area contributed by atoms with Crippen LogP contribution >= 0.6 is 11.6 Å². The van der Waals surface area contributed by atoms with Gasteiger partial charge in [-0.1, -0.05) is 17.7 Å². The Hall–Kier alpha value is -0.930. The van der Waals surface area contributed by atoms with Gasteiger partial charge < -0.3 is 16.2 Å². The second kappa shape index (κ2) is 4.53. The lowest BCUT2D eigenvalue weighted by Crippen LogP contribution is -2.28. The number of anilines is 2. The van der Waals surface area contributed by atoms with Crippen molar-refractivity contribution in [3.05, 3.63) is 23.2 Å². The maximum atomic E-state index is 9.31. The minimum Gasteiger partial charge on any atom is -0.396 e. The summed E-state index contributed by atoms with van der Waals surface area (Å²) in [5.41, 5.74) is 7.03. The summed E-state index contributed by atoms with van der Waals surface area (Å²) in [5, 5.41) is 12.9. The fraction of sp³-hybridized carbons (Fsp3) is 0.400. The van der Waals surface area contributed by atoms with Crippen LogP contribution in [0.1, 0.15) is 13.8 Å². The molecule has 1 aromatic carbocycles. The van der Waals surface area contributed by atoms with E-state index in [1.807, 2.05) is 19.1 Å². The number of halogens is 1. The van der Waals surface area contributed by atoms with E-state index in [4.69, 9.17) is 17.3 Å².